The summed E-state index contributed by atoms with van der Waals surface area (Å²) < 4.78 is 40.6. The summed E-state index contributed by atoms with van der Waals surface area (Å²) in [5.41, 5.74) is 1.11. The fourth-order valence-corrected chi connectivity index (χ4v) is 6.53. The van der Waals surface area contributed by atoms with Crippen LogP contribution in [0.15, 0.2) is 29.2 Å². The minimum atomic E-state index is -3.89. The molecule has 1 amide bonds. The van der Waals surface area contributed by atoms with Gasteiger partial charge in [-0.05, 0) is 50.7 Å². The second-order valence-corrected chi connectivity index (χ2v) is 10.5. The molecule has 2 heterocycles. The molecule has 2 aromatic rings. The molecule has 1 N–H and O–H groups in total. The fraction of sp³-hybridized carbons (Fsp3) is 0.500. The summed E-state index contributed by atoms with van der Waals surface area (Å²) in [5.74, 6) is -1.14. The Morgan fingerprint density at radius 3 is 2.62 bits per heavy atom. The number of hydrogen-bond donors (Lipinski definition) is 1. The van der Waals surface area contributed by atoms with Gasteiger partial charge in [-0.25, -0.2) is 17.8 Å². The zero-order valence-corrected chi connectivity index (χ0v) is 17.7. The quantitative estimate of drug-likeness (QED) is 0.742. The molecule has 0 unspecified atom stereocenters. The number of carbonyl (C=O) groups excluding carboxylic acids is 1. The first-order valence-electron chi connectivity index (χ1n) is 9.99. The third-order valence-corrected chi connectivity index (χ3v) is 8.61. The van der Waals surface area contributed by atoms with Crippen molar-refractivity contribution in [3.8, 4) is 0 Å². The molecular weight excluding hydrogens is 413 g/mol. The molecule has 0 atom stereocenters. The van der Waals surface area contributed by atoms with Gasteiger partial charge in [-0.15, -0.1) is 11.3 Å². The molecule has 6 nitrogen and oxygen atoms in total. The van der Waals surface area contributed by atoms with Crippen LogP contribution >= 0.6 is 11.3 Å². The highest BCUT2D eigenvalue weighted by atomic mass is 32.2. The first kappa shape index (κ1) is 20.4. The Balaban J connectivity index is 1.37. The predicted octanol–water partition coefficient (Wildman–Crippen LogP) is 3.59. The van der Waals surface area contributed by atoms with Gasteiger partial charge in [0, 0.05) is 23.9 Å². The Bertz CT molecular complexity index is 975. The number of nitrogens with one attached hydrogen (secondary N) is 1. The van der Waals surface area contributed by atoms with Gasteiger partial charge in [-0.3, -0.25) is 4.79 Å². The van der Waals surface area contributed by atoms with Crippen LogP contribution in [0.5, 0.6) is 0 Å². The van der Waals surface area contributed by atoms with Gasteiger partial charge in [0.15, 0.2) is 5.13 Å². The SMILES string of the molecule is O=C(Nc1nc2c(s1)CCCCC2)C1CCN(S(=O)(=O)c2ccccc2F)CC1. The lowest BCUT2D eigenvalue weighted by Gasteiger charge is -2.30. The zero-order chi connectivity index (χ0) is 20.4. The lowest BCUT2D eigenvalue weighted by atomic mass is 9.97. The predicted molar refractivity (Wildman–Crippen MR) is 110 cm³/mol. The minimum absolute atomic E-state index is 0.114. The molecule has 0 radical (unpaired) electrons. The average molecular weight is 438 g/mol. The highest BCUT2D eigenvalue weighted by molar-refractivity contribution is 7.89. The van der Waals surface area contributed by atoms with Crippen LogP contribution in [0.2, 0.25) is 0 Å². The summed E-state index contributed by atoms with van der Waals surface area (Å²) in [6.45, 7) is 0.395. The van der Waals surface area contributed by atoms with E-state index in [0.717, 1.165) is 37.4 Å². The fourth-order valence-electron chi connectivity index (χ4n) is 3.94. The van der Waals surface area contributed by atoms with Gasteiger partial charge in [-0.2, -0.15) is 4.31 Å². The number of carbonyl (C=O) groups is 1. The number of piperidine rings is 1. The van der Waals surface area contributed by atoms with Crippen molar-refractivity contribution < 1.29 is 17.6 Å². The Kier molecular flexibility index (Phi) is 5.98. The van der Waals surface area contributed by atoms with E-state index in [-0.39, 0.29) is 29.8 Å². The average Bonchev–Trinajstić information content (AvgIpc) is 2.96. The Morgan fingerprint density at radius 1 is 1.14 bits per heavy atom. The molecule has 2 aliphatic rings. The first-order chi connectivity index (χ1) is 13.9. The van der Waals surface area contributed by atoms with Crippen molar-refractivity contribution in [2.45, 2.75) is 49.8 Å². The molecule has 1 aromatic carbocycles. The molecule has 1 aliphatic heterocycles. The minimum Gasteiger partial charge on any atom is -0.302 e. The van der Waals surface area contributed by atoms with Crippen LogP contribution in [0, 0.1) is 11.7 Å². The van der Waals surface area contributed by atoms with Crippen LogP contribution in [0.3, 0.4) is 0 Å². The number of rotatable bonds is 4. The van der Waals surface area contributed by atoms with Crippen LogP contribution in [0.25, 0.3) is 0 Å². The molecular formula is C20H24FN3O3S2. The van der Waals surface area contributed by atoms with E-state index in [1.54, 1.807) is 11.3 Å². The molecule has 1 fully saturated rings. The maximum atomic E-state index is 13.9. The van der Waals surface area contributed by atoms with Crippen molar-refractivity contribution >= 4 is 32.4 Å². The molecule has 4 rings (SSSR count). The first-order valence-corrected chi connectivity index (χ1v) is 12.2. The third kappa shape index (κ3) is 4.36. The van der Waals surface area contributed by atoms with Crippen molar-refractivity contribution in [1.82, 2.24) is 9.29 Å². The van der Waals surface area contributed by atoms with Gasteiger partial charge in [0.05, 0.1) is 5.69 Å². The van der Waals surface area contributed by atoms with Gasteiger partial charge < -0.3 is 5.32 Å². The normalized spacial score (nSPS) is 18.8. The molecule has 1 aromatic heterocycles. The second kappa shape index (κ2) is 8.49. The van der Waals surface area contributed by atoms with E-state index in [9.17, 15) is 17.6 Å². The van der Waals surface area contributed by atoms with E-state index in [4.69, 9.17) is 0 Å². The number of nitrogens with zero attached hydrogens (tertiary/aromatic N) is 2. The number of aromatic nitrogens is 1. The Morgan fingerprint density at radius 2 is 1.86 bits per heavy atom. The highest BCUT2D eigenvalue weighted by Gasteiger charge is 2.33. The molecule has 1 aliphatic carbocycles. The second-order valence-electron chi connectivity index (χ2n) is 7.55. The van der Waals surface area contributed by atoms with Crippen molar-refractivity contribution in [3.05, 3.63) is 40.7 Å². The van der Waals surface area contributed by atoms with Crippen LogP contribution in [0.4, 0.5) is 9.52 Å². The van der Waals surface area contributed by atoms with E-state index in [1.165, 1.54) is 33.8 Å². The number of aryl methyl sites for hydroxylation is 2. The number of fused-ring (bicyclic) bond motifs is 1. The lowest BCUT2D eigenvalue weighted by molar-refractivity contribution is -0.120. The van der Waals surface area contributed by atoms with Crippen molar-refractivity contribution in [1.29, 1.82) is 0 Å². The van der Waals surface area contributed by atoms with Crippen LogP contribution < -0.4 is 5.32 Å². The van der Waals surface area contributed by atoms with Crippen LogP contribution in [-0.2, 0) is 27.7 Å². The molecule has 0 saturated carbocycles. The standard InChI is InChI=1S/C20H24FN3O3S2/c21-15-6-4-5-9-18(15)29(26,27)24-12-10-14(11-13-24)19(25)23-20-22-16-7-2-1-3-8-17(16)28-20/h4-6,9,14H,1-3,7-8,10-13H2,(H,22,23,25). The molecule has 0 bridgehead atoms. The monoisotopic (exact) mass is 437 g/mol. The van der Waals surface area contributed by atoms with Crippen molar-refractivity contribution in [2.24, 2.45) is 5.92 Å². The molecule has 9 heteroatoms. The largest absolute Gasteiger partial charge is 0.302 e. The number of sulfonamides is 1. The van der Waals surface area contributed by atoms with E-state index in [0.29, 0.717) is 18.0 Å². The van der Waals surface area contributed by atoms with Gasteiger partial charge in [0.2, 0.25) is 15.9 Å². The summed E-state index contributed by atoms with van der Waals surface area (Å²) >= 11 is 1.55. The topological polar surface area (TPSA) is 79.4 Å². The van der Waals surface area contributed by atoms with E-state index < -0.39 is 15.8 Å². The molecule has 1 saturated heterocycles. The van der Waals surface area contributed by atoms with Gasteiger partial charge in [0.25, 0.3) is 0 Å². The highest BCUT2D eigenvalue weighted by Crippen LogP contribution is 2.30. The van der Waals surface area contributed by atoms with Crippen LogP contribution in [0.1, 0.15) is 42.7 Å². The van der Waals surface area contributed by atoms with Crippen molar-refractivity contribution in [3.63, 3.8) is 0 Å². The Labute approximate surface area is 174 Å². The number of halogens is 1. The van der Waals surface area contributed by atoms with Crippen LogP contribution in [-0.4, -0.2) is 36.7 Å². The lowest BCUT2D eigenvalue weighted by Crippen LogP contribution is -2.41. The number of anilines is 1. The van der Waals surface area contributed by atoms with E-state index in [2.05, 4.69) is 10.3 Å². The summed E-state index contributed by atoms with van der Waals surface area (Å²) in [4.78, 5) is 18.2. The summed E-state index contributed by atoms with van der Waals surface area (Å²) in [5, 5.41) is 3.57. The summed E-state index contributed by atoms with van der Waals surface area (Å²) in [6.07, 6.45) is 6.33. The van der Waals surface area contributed by atoms with E-state index >= 15 is 0 Å². The third-order valence-electron chi connectivity index (χ3n) is 5.60. The van der Waals surface area contributed by atoms with Gasteiger partial charge >= 0.3 is 0 Å². The van der Waals surface area contributed by atoms with Gasteiger partial charge in [0.1, 0.15) is 10.7 Å². The molecule has 29 heavy (non-hydrogen) atoms. The maximum absolute atomic E-state index is 13.9. The number of amides is 1. The Hall–Kier alpha value is -1.84. The molecule has 0 spiro atoms. The zero-order valence-electron chi connectivity index (χ0n) is 16.1. The summed E-state index contributed by atoms with van der Waals surface area (Å²) in [7, 11) is -3.89. The molecule has 156 valence electrons. The smallest absolute Gasteiger partial charge is 0.245 e. The number of benzene rings is 1. The van der Waals surface area contributed by atoms with E-state index in [1.807, 2.05) is 0 Å². The maximum Gasteiger partial charge on any atom is 0.245 e. The number of thiazole rings is 1. The number of hydrogen-bond acceptors (Lipinski definition) is 5. The summed E-state index contributed by atoms with van der Waals surface area (Å²) in [6, 6.07) is 5.38. The van der Waals surface area contributed by atoms with Gasteiger partial charge in [-0.1, -0.05) is 18.6 Å². The van der Waals surface area contributed by atoms with Crippen molar-refractivity contribution in [2.75, 3.05) is 18.4 Å².